The average molecular weight is 384 g/mol. The van der Waals surface area contributed by atoms with Gasteiger partial charge in [-0.3, -0.25) is 14.4 Å². The summed E-state index contributed by atoms with van der Waals surface area (Å²) < 4.78 is 5.79. The quantitative estimate of drug-likeness (QED) is 0.616. The number of carbonyl (C=O) groups is 3. The number of ether oxygens (including phenoxy) is 1. The summed E-state index contributed by atoms with van der Waals surface area (Å²) in [4.78, 5) is 34.6. The molecule has 148 valence electrons. The van der Waals surface area contributed by atoms with E-state index in [0.717, 1.165) is 5.56 Å². The van der Waals surface area contributed by atoms with Gasteiger partial charge in [-0.25, -0.2) is 0 Å². The van der Waals surface area contributed by atoms with Crippen LogP contribution in [0.3, 0.4) is 0 Å². The molecule has 2 rings (SSSR count). The molecule has 0 spiro atoms. The van der Waals surface area contributed by atoms with Gasteiger partial charge in [0.05, 0.1) is 6.42 Å². The maximum Gasteiger partial charge on any atom is 0.322 e. The van der Waals surface area contributed by atoms with Crippen LogP contribution in [0.4, 0.5) is 5.69 Å². The van der Waals surface area contributed by atoms with Crippen LogP contribution in [0.15, 0.2) is 48.5 Å². The second kappa shape index (κ2) is 10.1. The summed E-state index contributed by atoms with van der Waals surface area (Å²) in [6.07, 6.45) is -0.0414. The molecule has 28 heavy (non-hydrogen) atoms. The molecule has 2 aromatic rings. The second-order valence-corrected chi connectivity index (χ2v) is 6.36. The summed E-state index contributed by atoms with van der Waals surface area (Å²) in [6, 6.07) is 14.3. The molecule has 1 atom stereocenters. The lowest BCUT2D eigenvalue weighted by molar-refractivity contribution is -0.137. The highest BCUT2D eigenvalue weighted by molar-refractivity contribution is 5.94. The van der Waals surface area contributed by atoms with E-state index in [1.165, 1.54) is 0 Å². The highest BCUT2D eigenvalue weighted by Crippen LogP contribution is 2.17. The lowest BCUT2D eigenvalue weighted by Crippen LogP contribution is -2.32. The molecule has 0 radical (unpaired) electrons. The molecule has 3 N–H and O–H groups in total. The normalized spacial score (nSPS) is 11.4. The summed E-state index contributed by atoms with van der Waals surface area (Å²) in [6.45, 7) is 3.42. The molecule has 0 aliphatic carbocycles. The fourth-order valence-electron chi connectivity index (χ4n) is 2.53. The molecule has 0 fully saturated rings. The van der Waals surface area contributed by atoms with Crippen LogP contribution in [0.5, 0.6) is 5.75 Å². The molecule has 2 amide bonds. The van der Waals surface area contributed by atoms with Gasteiger partial charge < -0.3 is 20.5 Å². The van der Waals surface area contributed by atoms with Crippen molar-refractivity contribution in [1.82, 2.24) is 5.32 Å². The number of benzene rings is 2. The van der Waals surface area contributed by atoms with Gasteiger partial charge in [-0.05, 0) is 48.7 Å². The molecule has 1 unspecified atom stereocenters. The summed E-state index contributed by atoms with van der Waals surface area (Å²) in [7, 11) is 0. The third-order valence-corrected chi connectivity index (χ3v) is 3.95. The lowest BCUT2D eigenvalue weighted by atomic mass is 10.1. The van der Waals surface area contributed by atoms with Crippen LogP contribution >= 0.6 is 0 Å². The molecule has 0 aliphatic rings. The van der Waals surface area contributed by atoms with Gasteiger partial charge in [0.15, 0.2) is 6.10 Å². The van der Waals surface area contributed by atoms with Gasteiger partial charge in [0.1, 0.15) is 12.3 Å². The first-order chi connectivity index (χ1) is 13.4. The van der Waals surface area contributed by atoms with E-state index >= 15 is 0 Å². The van der Waals surface area contributed by atoms with Crippen molar-refractivity contribution in [3.63, 3.8) is 0 Å². The van der Waals surface area contributed by atoms with Crippen molar-refractivity contribution >= 4 is 23.5 Å². The standard InChI is InChI=1S/C21H24N2O5/c1-3-18(28-17-6-4-5-14(2)11-17)21(27)23-16-9-7-15(8-10-16)12-19(24)22-13-20(25)26/h4-11,18H,3,12-13H2,1-2H3,(H,22,24)(H,23,27)(H,25,26). The number of hydrogen-bond acceptors (Lipinski definition) is 4. The number of hydrogen-bond donors (Lipinski definition) is 3. The van der Waals surface area contributed by atoms with Gasteiger partial charge >= 0.3 is 5.97 Å². The molecule has 0 saturated heterocycles. The Kier molecular flexibility index (Phi) is 7.56. The average Bonchev–Trinajstić information content (AvgIpc) is 2.66. The minimum Gasteiger partial charge on any atom is -0.481 e. The van der Waals surface area contributed by atoms with Crippen molar-refractivity contribution in [2.24, 2.45) is 0 Å². The number of carboxylic acid groups (broad SMARTS) is 1. The maximum atomic E-state index is 12.5. The Morgan fingerprint density at radius 2 is 1.82 bits per heavy atom. The molecule has 7 heteroatoms. The lowest BCUT2D eigenvalue weighted by Gasteiger charge is -2.17. The monoisotopic (exact) mass is 384 g/mol. The molecule has 0 saturated carbocycles. The fourth-order valence-corrected chi connectivity index (χ4v) is 2.53. The van der Waals surface area contributed by atoms with Gasteiger partial charge in [0.2, 0.25) is 5.91 Å². The highest BCUT2D eigenvalue weighted by Gasteiger charge is 2.18. The number of amides is 2. The number of anilines is 1. The van der Waals surface area contributed by atoms with Crippen molar-refractivity contribution in [3.05, 3.63) is 59.7 Å². The fraction of sp³-hybridized carbons (Fsp3) is 0.286. The number of carbonyl (C=O) groups excluding carboxylic acids is 2. The maximum absolute atomic E-state index is 12.5. The Morgan fingerprint density at radius 1 is 1.11 bits per heavy atom. The Balaban J connectivity index is 1.91. The number of rotatable bonds is 9. The third kappa shape index (κ3) is 6.75. The van der Waals surface area contributed by atoms with Crippen molar-refractivity contribution in [2.45, 2.75) is 32.8 Å². The van der Waals surface area contributed by atoms with Crippen LogP contribution in [0.25, 0.3) is 0 Å². The van der Waals surface area contributed by atoms with Gasteiger partial charge in [-0.2, -0.15) is 0 Å². The predicted molar refractivity (Wildman–Crippen MR) is 105 cm³/mol. The number of aliphatic carboxylic acids is 1. The molecule has 0 heterocycles. The van der Waals surface area contributed by atoms with Crippen LogP contribution in [0.1, 0.15) is 24.5 Å². The Bertz CT molecular complexity index is 833. The van der Waals surface area contributed by atoms with Gasteiger partial charge in [-0.1, -0.05) is 31.2 Å². The Labute approximate surface area is 163 Å². The SMILES string of the molecule is CCC(Oc1cccc(C)c1)C(=O)Nc1ccc(CC(=O)NCC(=O)O)cc1. The molecule has 7 nitrogen and oxygen atoms in total. The first kappa shape index (κ1) is 21.0. The van der Waals surface area contributed by atoms with Crippen LogP contribution in [0.2, 0.25) is 0 Å². The van der Waals surface area contributed by atoms with Gasteiger partial charge in [0, 0.05) is 5.69 Å². The van der Waals surface area contributed by atoms with Gasteiger partial charge in [-0.15, -0.1) is 0 Å². The third-order valence-electron chi connectivity index (χ3n) is 3.95. The zero-order chi connectivity index (χ0) is 20.5. The molecule has 2 aromatic carbocycles. The van der Waals surface area contributed by atoms with Crippen LogP contribution in [0, 0.1) is 6.92 Å². The Morgan fingerprint density at radius 3 is 2.43 bits per heavy atom. The van der Waals surface area contributed by atoms with E-state index in [9.17, 15) is 14.4 Å². The smallest absolute Gasteiger partial charge is 0.322 e. The number of carboxylic acids is 1. The summed E-state index contributed by atoms with van der Waals surface area (Å²) in [5.74, 6) is -1.08. The molecular weight excluding hydrogens is 360 g/mol. The minimum atomic E-state index is -1.09. The van der Waals surface area contributed by atoms with Crippen molar-refractivity contribution in [2.75, 3.05) is 11.9 Å². The molecular formula is C21H24N2O5. The molecule has 0 aromatic heterocycles. The van der Waals surface area contributed by atoms with Crippen molar-refractivity contribution < 1.29 is 24.2 Å². The summed E-state index contributed by atoms with van der Waals surface area (Å²) in [5.41, 5.74) is 2.35. The molecule has 0 bridgehead atoms. The minimum absolute atomic E-state index is 0.0650. The summed E-state index contributed by atoms with van der Waals surface area (Å²) >= 11 is 0. The highest BCUT2D eigenvalue weighted by atomic mass is 16.5. The van der Waals surface area contributed by atoms with E-state index in [-0.39, 0.29) is 18.2 Å². The Hall–Kier alpha value is -3.35. The van der Waals surface area contributed by atoms with Crippen LogP contribution in [-0.2, 0) is 20.8 Å². The summed E-state index contributed by atoms with van der Waals surface area (Å²) in [5, 5.41) is 13.7. The first-order valence-corrected chi connectivity index (χ1v) is 8.99. The van der Waals surface area contributed by atoms with E-state index in [0.29, 0.717) is 23.4 Å². The van der Waals surface area contributed by atoms with E-state index in [2.05, 4.69) is 10.6 Å². The zero-order valence-corrected chi connectivity index (χ0v) is 15.9. The number of aryl methyl sites for hydroxylation is 1. The molecule has 0 aliphatic heterocycles. The van der Waals surface area contributed by atoms with Gasteiger partial charge in [0.25, 0.3) is 5.91 Å². The largest absolute Gasteiger partial charge is 0.481 e. The second-order valence-electron chi connectivity index (χ2n) is 6.36. The van der Waals surface area contributed by atoms with E-state index in [1.807, 2.05) is 38.1 Å². The van der Waals surface area contributed by atoms with E-state index < -0.39 is 18.6 Å². The topological polar surface area (TPSA) is 105 Å². The van der Waals surface area contributed by atoms with Crippen LogP contribution < -0.4 is 15.4 Å². The zero-order valence-electron chi connectivity index (χ0n) is 15.9. The first-order valence-electron chi connectivity index (χ1n) is 8.99. The number of nitrogens with one attached hydrogen (secondary N) is 2. The van der Waals surface area contributed by atoms with Crippen LogP contribution in [-0.4, -0.2) is 35.5 Å². The van der Waals surface area contributed by atoms with Crippen molar-refractivity contribution in [3.8, 4) is 5.75 Å². The predicted octanol–water partition coefficient (Wildman–Crippen LogP) is 2.53. The van der Waals surface area contributed by atoms with E-state index in [4.69, 9.17) is 9.84 Å². The van der Waals surface area contributed by atoms with E-state index in [1.54, 1.807) is 24.3 Å². The van der Waals surface area contributed by atoms with Crippen molar-refractivity contribution in [1.29, 1.82) is 0 Å².